The van der Waals surface area contributed by atoms with Crippen LogP contribution in [0.5, 0.6) is 0 Å². The van der Waals surface area contributed by atoms with Gasteiger partial charge in [0.15, 0.2) is 0 Å². The summed E-state index contributed by atoms with van der Waals surface area (Å²) < 4.78 is 37.7. The van der Waals surface area contributed by atoms with Crippen LogP contribution in [0.4, 0.5) is 13.2 Å². The number of hydrogen-bond donors (Lipinski definition) is 0. The van der Waals surface area contributed by atoms with Crippen LogP contribution in [0.3, 0.4) is 0 Å². The van der Waals surface area contributed by atoms with Crippen molar-refractivity contribution in [1.29, 1.82) is 0 Å². The Labute approximate surface area is 116 Å². The van der Waals surface area contributed by atoms with Gasteiger partial charge in [-0.1, -0.05) is 6.92 Å². The van der Waals surface area contributed by atoms with Crippen molar-refractivity contribution in [2.24, 2.45) is 0 Å². The third-order valence-electron chi connectivity index (χ3n) is 2.96. The summed E-state index contributed by atoms with van der Waals surface area (Å²) in [6, 6.07) is 2.05. The fraction of sp³-hybridized carbons (Fsp3) is 0.571. The van der Waals surface area contributed by atoms with Crippen LogP contribution in [0.2, 0.25) is 0 Å². The zero-order chi connectivity index (χ0) is 15.5. The van der Waals surface area contributed by atoms with Gasteiger partial charge in [0.05, 0.1) is 11.3 Å². The summed E-state index contributed by atoms with van der Waals surface area (Å²) in [5, 5.41) is 0. The van der Waals surface area contributed by atoms with E-state index in [0.29, 0.717) is 6.54 Å². The van der Waals surface area contributed by atoms with Crippen molar-refractivity contribution in [2.75, 3.05) is 6.54 Å². The van der Waals surface area contributed by atoms with Crippen LogP contribution < -0.4 is 0 Å². The summed E-state index contributed by atoms with van der Waals surface area (Å²) >= 11 is 0. The zero-order valence-electron chi connectivity index (χ0n) is 12.1. The predicted molar refractivity (Wildman–Crippen MR) is 70.4 cm³/mol. The molecule has 0 radical (unpaired) electrons. The molecule has 0 unspecified atom stereocenters. The number of amides is 1. The smallest absolute Gasteiger partial charge is 0.336 e. The van der Waals surface area contributed by atoms with Gasteiger partial charge in [-0.3, -0.25) is 4.79 Å². The first-order valence-corrected chi connectivity index (χ1v) is 6.54. The van der Waals surface area contributed by atoms with Crippen molar-refractivity contribution in [1.82, 2.24) is 9.88 Å². The SMILES string of the molecule is CCCN(C(=O)c1ccc(C(F)(F)F)nc1C)C(C)C. The van der Waals surface area contributed by atoms with Gasteiger partial charge in [0.2, 0.25) is 0 Å². The van der Waals surface area contributed by atoms with Crippen molar-refractivity contribution in [3.8, 4) is 0 Å². The number of halogens is 3. The number of aryl methyl sites for hydroxylation is 1. The third-order valence-corrected chi connectivity index (χ3v) is 2.96. The Bertz CT molecular complexity index is 484. The first kappa shape index (κ1) is 16.5. The second-order valence-corrected chi connectivity index (χ2v) is 4.92. The van der Waals surface area contributed by atoms with Crippen LogP contribution >= 0.6 is 0 Å². The number of nitrogens with zero attached hydrogens (tertiary/aromatic N) is 2. The van der Waals surface area contributed by atoms with E-state index in [1.165, 1.54) is 13.0 Å². The molecule has 1 aromatic rings. The number of alkyl halides is 3. The second-order valence-electron chi connectivity index (χ2n) is 4.92. The molecule has 0 aliphatic carbocycles. The molecular formula is C14H19F3N2O. The lowest BCUT2D eigenvalue weighted by Crippen LogP contribution is -2.38. The molecule has 0 saturated carbocycles. The number of aromatic nitrogens is 1. The maximum atomic E-state index is 12.6. The van der Waals surface area contributed by atoms with E-state index in [2.05, 4.69) is 4.98 Å². The molecule has 0 aliphatic rings. The summed E-state index contributed by atoms with van der Waals surface area (Å²) in [5.74, 6) is -0.277. The molecule has 0 bridgehead atoms. The summed E-state index contributed by atoms with van der Waals surface area (Å²) in [6.45, 7) is 7.69. The van der Waals surface area contributed by atoms with E-state index < -0.39 is 11.9 Å². The second kappa shape index (κ2) is 6.24. The monoisotopic (exact) mass is 288 g/mol. The standard InChI is InChI=1S/C14H19F3N2O/c1-5-8-19(9(2)3)13(20)11-6-7-12(14(15,16)17)18-10(11)4/h6-7,9H,5,8H2,1-4H3. The van der Waals surface area contributed by atoms with Crippen molar-refractivity contribution in [2.45, 2.75) is 46.3 Å². The molecule has 0 spiro atoms. The summed E-state index contributed by atoms with van der Waals surface area (Å²) in [4.78, 5) is 17.5. The Morgan fingerprint density at radius 1 is 1.35 bits per heavy atom. The molecule has 1 amide bonds. The van der Waals surface area contributed by atoms with Gasteiger partial charge in [0.1, 0.15) is 5.69 Å². The van der Waals surface area contributed by atoms with Gasteiger partial charge in [-0.15, -0.1) is 0 Å². The molecule has 0 N–H and O–H groups in total. The van der Waals surface area contributed by atoms with Gasteiger partial charge in [-0.05, 0) is 39.3 Å². The minimum Gasteiger partial charge on any atom is -0.336 e. The average molecular weight is 288 g/mol. The van der Waals surface area contributed by atoms with Crippen LogP contribution in [0.25, 0.3) is 0 Å². The van der Waals surface area contributed by atoms with Gasteiger partial charge in [0, 0.05) is 12.6 Å². The van der Waals surface area contributed by atoms with Crippen LogP contribution in [-0.4, -0.2) is 28.4 Å². The van der Waals surface area contributed by atoms with Crippen molar-refractivity contribution < 1.29 is 18.0 Å². The Morgan fingerprint density at radius 3 is 2.35 bits per heavy atom. The van der Waals surface area contributed by atoms with Crippen LogP contribution in [0, 0.1) is 6.92 Å². The van der Waals surface area contributed by atoms with Gasteiger partial charge in [-0.25, -0.2) is 4.98 Å². The highest BCUT2D eigenvalue weighted by Crippen LogP contribution is 2.28. The van der Waals surface area contributed by atoms with E-state index in [-0.39, 0.29) is 23.2 Å². The maximum Gasteiger partial charge on any atom is 0.433 e. The Hall–Kier alpha value is -1.59. The fourth-order valence-corrected chi connectivity index (χ4v) is 1.93. The van der Waals surface area contributed by atoms with E-state index in [0.717, 1.165) is 12.5 Å². The molecule has 112 valence electrons. The highest BCUT2D eigenvalue weighted by molar-refractivity contribution is 5.95. The Balaban J connectivity index is 3.11. The number of rotatable bonds is 4. The molecule has 20 heavy (non-hydrogen) atoms. The van der Waals surface area contributed by atoms with Crippen LogP contribution in [0.15, 0.2) is 12.1 Å². The normalized spacial score (nSPS) is 11.8. The lowest BCUT2D eigenvalue weighted by Gasteiger charge is -2.27. The number of carbonyl (C=O) groups excluding carboxylic acids is 1. The summed E-state index contributed by atoms with van der Waals surface area (Å²) in [5.41, 5.74) is -0.648. The van der Waals surface area contributed by atoms with Crippen LogP contribution in [-0.2, 0) is 6.18 Å². The third kappa shape index (κ3) is 3.71. The van der Waals surface area contributed by atoms with E-state index in [1.807, 2.05) is 20.8 Å². The highest BCUT2D eigenvalue weighted by atomic mass is 19.4. The lowest BCUT2D eigenvalue weighted by molar-refractivity contribution is -0.141. The van der Waals surface area contributed by atoms with E-state index in [1.54, 1.807) is 4.90 Å². The van der Waals surface area contributed by atoms with Gasteiger partial charge < -0.3 is 4.90 Å². The number of pyridine rings is 1. The summed E-state index contributed by atoms with van der Waals surface area (Å²) in [7, 11) is 0. The first-order chi connectivity index (χ1) is 9.18. The molecule has 0 saturated heterocycles. The quantitative estimate of drug-likeness (QED) is 0.847. The Kier molecular flexibility index (Phi) is 5.14. The van der Waals surface area contributed by atoms with Crippen LogP contribution in [0.1, 0.15) is 48.9 Å². The first-order valence-electron chi connectivity index (χ1n) is 6.54. The van der Waals surface area contributed by atoms with E-state index >= 15 is 0 Å². The van der Waals surface area contributed by atoms with Crippen molar-refractivity contribution in [3.63, 3.8) is 0 Å². The maximum absolute atomic E-state index is 12.6. The fourth-order valence-electron chi connectivity index (χ4n) is 1.93. The molecule has 3 nitrogen and oxygen atoms in total. The molecule has 0 atom stereocenters. The van der Waals surface area contributed by atoms with Crippen molar-refractivity contribution in [3.05, 3.63) is 29.1 Å². The number of carbonyl (C=O) groups is 1. The molecule has 1 heterocycles. The van der Waals surface area contributed by atoms with E-state index in [4.69, 9.17) is 0 Å². The number of hydrogen-bond acceptors (Lipinski definition) is 2. The topological polar surface area (TPSA) is 33.2 Å². The average Bonchev–Trinajstić information content (AvgIpc) is 2.33. The van der Waals surface area contributed by atoms with Gasteiger partial charge in [-0.2, -0.15) is 13.2 Å². The highest BCUT2D eigenvalue weighted by Gasteiger charge is 2.33. The molecule has 0 aromatic carbocycles. The molecule has 1 aromatic heterocycles. The minimum absolute atomic E-state index is 0.0101. The molecule has 0 aliphatic heterocycles. The molecule has 0 fully saturated rings. The summed E-state index contributed by atoms with van der Waals surface area (Å²) in [6.07, 6.45) is -3.70. The van der Waals surface area contributed by atoms with Gasteiger partial charge in [0.25, 0.3) is 5.91 Å². The van der Waals surface area contributed by atoms with Gasteiger partial charge >= 0.3 is 6.18 Å². The molecule has 6 heteroatoms. The Morgan fingerprint density at radius 2 is 1.95 bits per heavy atom. The lowest BCUT2D eigenvalue weighted by atomic mass is 10.1. The molecular weight excluding hydrogens is 269 g/mol. The predicted octanol–water partition coefficient (Wildman–Crippen LogP) is 3.67. The van der Waals surface area contributed by atoms with Crippen molar-refractivity contribution >= 4 is 5.91 Å². The van der Waals surface area contributed by atoms with E-state index in [9.17, 15) is 18.0 Å². The molecule has 1 rings (SSSR count). The largest absolute Gasteiger partial charge is 0.433 e. The minimum atomic E-state index is -4.49. The zero-order valence-corrected chi connectivity index (χ0v) is 12.1.